The number of methoxy groups -OCH3 is 1. The smallest absolute Gasteiger partial charge is 0.407 e. The van der Waals surface area contributed by atoms with Crippen molar-refractivity contribution >= 4 is 23.9 Å². The van der Waals surface area contributed by atoms with Crippen molar-refractivity contribution in [2.75, 3.05) is 20.3 Å². The van der Waals surface area contributed by atoms with Crippen LogP contribution < -0.4 is 20.1 Å². The van der Waals surface area contributed by atoms with E-state index < -0.39 is 23.1 Å². The summed E-state index contributed by atoms with van der Waals surface area (Å²) in [4.78, 5) is 46.7. The lowest BCUT2D eigenvalue weighted by Crippen LogP contribution is -2.53. The zero-order valence-corrected chi connectivity index (χ0v) is 32.7. The minimum absolute atomic E-state index is 0.145. The van der Waals surface area contributed by atoms with Crippen molar-refractivity contribution in [3.8, 4) is 11.5 Å². The molecule has 0 radical (unpaired) electrons. The molecule has 0 bridgehead atoms. The Bertz CT molecular complexity index is 1800. The first-order chi connectivity index (χ1) is 26.3. The van der Waals surface area contributed by atoms with Crippen LogP contribution in [0.15, 0.2) is 109 Å². The van der Waals surface area contributed by atoms with Crippen LogP contribution in [0.25, 0.3) is 0 Å². The van der Waals surface area contributed by atoms with Crippen molar-refractivity contribution in [2.24, 2.45) is 0 Å². The van der Waals surface area contributed by atoms with E-state index in [0.29, 0.717) is 32.5 Å². The van der Waals surface area contributed by atoms with Gasteiger partial charge in [-0.3, -0.25) is 9.59 Å². The molecule has 4 aromatic carbocycles. The van der Waals surface area contributed by atoms with E-state index in [4.69, 9.17) is 18.9 Å². The van der Waals surface area contributed by atoms with Gasteiger partial charge in [-0.15, -0.1) is 0 Å². The summed E-state index contributed by atoms with van der Waals surface area (Å²) in [6.07, 6.45) is 1.61. The second-order valence-electron chi connectivity index (χ2n) is 13.5. The van der Waals surface area contributed by atoms with Crippen LogP contribution in [0.3, 0.4) is 0 Å². The Morgan fingerprint density at radius 3 is 1.56 bits per heavy atom. The van der Waals surface area contributed by atoms with Crippen LogP contribution in [0, 0.1) is 0 Å². The lowest BCUT2D eigenvalue weighted by Gasteiger charge is -2.30. The molecule has 2 N–H and O–H groups in total. The first-order valence-electron chi connectivity index (χ1n) is 18.3. The van der Waals surface area contributed by atoms with E-state index >= 15 is 0 Å². The van der Waals surface area contributed by atoms with Crippen LogP contribution in [-0.4, -0.2) is 55.3 Å². The molecule has 2 atom stereocenters. The second-order valence-corrected chi connectivity index (χ2v) is 13.5. The van der Waals surface area contributed by atoms with Gasteiger partial charge in [0.2, 0.25) is 5.91 Å². The number of carbonyl (C=O) groups excluding carboxylic acids is 4. The normalized spacial score (nSPS) is 12.6. The van der Waals surface area contributed by atoms with Gasteiger partial charge < -0.3 is 34.3 Å². The number of hydrogen-bond donors (Lipinski definition) is 2. The van der Waals surface area contributed by atoms with E-state index in [-0.39, 0.29) is 25.1 Å². The fraction of sp³-hybridized carbons (Fsp3) is 0.364. The molecule has 0 saturated heterocycles. The monoisotopic (exact) mass is 754 g/mol. The van der Waals surface area contributed by atoms with Crippen LogP contribution in [0.1, 0.15) is 69.7 Å². The molecule has 2 amide bonds. The van der Waals surface area contributed by atoms with E-state index in [9.17, 15) is 19.2 Å². The topological polar surface area (TPSA) is 138 Å². The number of aryl methyl sites for hydroxylation is 2. The SMILES string of the molecule is CC(=O)NC(C)(CCc1cccc(OCc2ccccc2)c1)COC(C)=O.CCOC(=O)C(C)(CCc1cccc(OCc2ccccc2)c1)NC(=O)OC. The van der Waals surface area contributed by atoms with Gasteiger partial charge in [0, 0.05) is 13.8 Å². The number of amides is 2. The molecule has 0 fully saturated rings. The number of benzene rings is 4. The van der Waals surface area contributed by atoms with E-state index in [1.54, 1.807) is 13.8 Å². The van der Waals surface area contributed by atoms with Crippen molar-refractivity contribution in [3.63, 3.8) is 0 Å². The molecule has 55 heavy (non-hydrogen) atoms. The van der Waals surface area contributed by atoms with E-state index in [0.717, 1.165) is 40.2 Å². The van der Waals surface area contributed by atoms with Crippen LogP contribution in [0.4, 0.5) is 4.79 Å². The van der Waals surface area contributed by atoms with Gasteiger partial charge in [0.1, 0.15) is 36.9 Å². The number of hydrogen-bond acceptors (Lipinski definition) is 9. The van der Waals surface area contributed by atoms with Gasteiger partial charge in [-0.1, -0.05) is 84.9 Å². The van der Waals surface area contributed by atoms with Crippen LogP contribution in [-0.2, 0) is 54.6 Å². The van der Waals surface area contributed by atoms with Gasteiger partial charge in [-0.25, -0.2) is 9.59 Å². The zero-order valence-electron chi connectivity index (χ0n) is 32.7. The molecule has 0 aliphatic carbocycles. The number of nitrogens with one attached hydrogen (secondary N) is 2. The largest absolute Gasteiger partial charge is 0.489 e. The fourth-order valence-corrected chi connectivity index (χ4v) is 5.52. The molecule has 0 spiro atoms. The summed E-state index contributed by atoms with van der Waals surface area (Å²) in [6, 6.07) is 35.5. The van der Waals surface area contributed by atoms with Crippen molar-refractivity contribution < 1.29 is 42.9 Å². The highest BCUT2D eigenvalue weighted by molar-refractivity contribution is 5.85. The summed E-state index contributed by atoms with van der Waals surface area (Å²) < 4.78 is 26.6. The summed E-state index contributed by atoms with van der Waals surface area (Å²) in [5.74, 6) is 0.557. The molecule has 0 aliphatic heterocycles. The summed E-state index contributed by atoms with van der Waals surface area (Å²) >= 11 is 0. The van der Waals surface area contributed by atoms with E-state index in [2.05, 4.69) is 15.4 Å². The van der Waals surface area contributed by atoms with Crippen molar-refractivity contribution in [3.05, 3.63) is 131 Å². The fourth-order valence-electron chi connectivity index (χ4n) is 5.52. The quantitative estimate of drug-likeness (QED) is 0.0780. The summed E-state index contributed by atoms with van der Waals surface area (Å²) in [7, 11) is 1.26. The molecule has 2 unspecified atom stereocenters. The third kappa shape index (κ3) is 16.4. The molecule has 4 aromatic rings. The standard InChI is InChI=1S/C22H27NO5.C22H27NO4/c1-4-27-20(24)22(2,23-21(25)26-3)14-13-17-11-8-12-19(15-17)28-16-18-9-6-5-7-10-18;1-17(24)23-22(3,16-27-18(2)25)13-12-19-10-7-11-21(14-19)26-15-20-8-5-4-6-9-20/h5-12,15H,4,13-14,16H2,1-3H3,(H,23,25);4-11,14H,12-13,15-16H2,1-3H3,(H,23,24). The highest BCUT2D eigenvalue weighted by Gasteiger charge is 2.36. The Balaban J connectivity index is 0.000000296. The molecular formula is C44H54N2O9. The highest BCUT2D eigenvalue weighted by Crippen LogP contribution is 2.22. The minimum atomic E-state index is -1.18. The van der Waals surface area contributed by atoms with Crippen LogP contribution >= 0.6 is 0 Å². The average Bonchev–Trinajstić information content (AvgIpc) is 3.18. The number of ether oxygens (including phenoxy) is 5. The molecule has 294 valence electrons. The van der Waals surface area contributed by atoms with Crippen LogP contribution in [0.5, 0.6) is 11.5 Å². The molecule has 0 saturated carbocycles. The second kappa shape index (κ2) is 22.4. The van der Waals surface area contributed by atoms with E-state index in [1.807, 2.05) is 116 Å². The lowest BCUT2D eigenvalue weighted by molar-refractivity contribution is -0.150. The van der Waals surface area contributed by atoms with Gasteiger partial charge in [0.05, 0.1) is 19.3 Å². The number of carbonyl (C=O) groups is 4. The minimum Gasteiger partial charge on any atom is -0.489 e. The number of esters is 2. The lowest BCUT2D eigenvalue weighted by atomic mass is 9.93. The maximum atomic E-state index is 12.3. The Kier molecular flexibility index (Phi) is 17.7. The molecule has 4 rings (SSSR count). The number of alkyl carbamates (subject to hydrolysis) is 1. The first kappa shape index (κ1) is 43.6. The summed E-state index contributed by atoms with van der Waals surface area (Å²) in [5.41, 5.74) is 2.50. The predicted octanol–water partition coefficient (Wildman–Crippen LogP) is 7.53. The van der Waals surface area contributed by atoms with Crippen molar-refractivity contribution in [2.45, 2.75) is 84.6 Å². The maximum Gasteiger partial charge on any atom is 0.407 e. The third-order valence-electron chi connectivity index (χ3n) is 8.53. The molecule has 0 aliphatic rings. The average molecular weight is 755 g/mol. The summed E-state index contributed by atoms with van der Waals surface area (Å²) in [6.45, 7) is 9.45. The Labute approximate surface area is 324 Å². The summed E-state index contributed by atoms with van der Waals surface area (Å²) in [5, 5.41) is 5.49. The third-order valence-corrected chi connectivity index (χ3v) is 8.53. The molecule has 11 heteroatoms. The zero-order chi connectivity index (χ0) is 40.1. The van der Waals surface area contributed by atoms with Crippen molar-refractivity contribution in [1.82, 2.24) is 10.6 Å². The van der Waals surface area contributed by atoms with Gasteiger partial charge in [0.25, 0.3) is 0 Å². The molecule has 11 nitrogen and oxygen atoms in total. The van der Waals surface area contributed by atoms with Gasteiger partial charge >= 0.3 is 18.0 Å². The number of rotatable bonds is 18. The Hall–Kier alpha value is -5.84. The Morgan fingerprint density at radius 2 is 1.11 bits per heavy atom. The van der Waals surface area contributed by atoms with E-state index in [1.165, 1.54) is 21.0 Å². The first-order valence-corrected chi connectivity index (χ1v) is 18.3. The molecule has 0 aromatic heterocycles. The maximum absolute atomic E-state index is 12.3. The predicted molar refractivity (Wildman–Crippen MR) is 211 cm³/mol. The molecule has 0 heterocycles. The molecular weight excluding hydrogens is 700 g/mol. The van der Waals surface area contributed by atoms with Gasteiger partial charge in [0.15, 0.2) is 0 Å². The Morgan fingerprint density at radius 1 is 0.618 bits per heavy atom. The van der Waals surface area contributed by atoms with Gasteiger partial charge in [-0.2, -0.15) is 0 Å². The van der Waals surface area contributed by atoms with Gasteiger partial charge in [-0.05, 0) is 93.0 Å². The van der Waals surface area contributed by atoms with Crippen LogP contribution in [0.2, 0.25) is 0 Å². The highest BCUT2D eigenvalue weighted by atomic mass is 16.6. The van der Waals surface area contributed by atoms with Crippen molar-refractivity contribution in [1.29, 1.82) is 0 Å².